The van der Waals surface area contributed by atoms with Gasteiger partial charge in [0.15, 0.2) is 0 Å². The van der Waals surface area contributed by atoms with Crippen molar-refractivity contribution in [3.63, 3.8) is 0 Å². The van der Waals surface area contributed by atoms with Gasteiger partial charge in [-0.2, -0.15) is 15.0 Å². The highest BCUT2D eigenvalue weighted by Crippen LogP contribution is 2.48. The summed E-state index contributed by atoms with van der Waals surface area (Å²) < 4.78 is 5.10. The molecular weight excluding hydrogens is 263 g/mol. The minimum atomic E-state index is 0.106. The molecule has 1 fully saturated rings. The third kappa shape index (κ3) is 3.66. The lowest BCUT2D eigenvalue weighted by molar-refractivity contribution is 0.174. The van der Waals surface area contributed by atoms with Crippen molar-refractivity contribution in [2.24, 2.45) is 5.41 Å². The van der Waals surface area contributed by atoms with E-state index in [1.165, 1.54) is 12.8 Å². The molecule has 1 aliphatic rings. The van der Waals surface area contributed by atoms with Crippen LogP contribution in [-0.2, 0) is 4.74 Å². The lowest BCUT2D eigenvalue weighted by Gasteiger charge is -2.15. The van der Waals surface area contributed by atoms with Crippen molar-refractivity contribution in [2.75, 3.05) is 25.6 Å². The Morgan fingerprint density at radius 3 is 2.41 bits per heavy atom. The second-order valence-electron chi connectivity index (χ2n) is 4.29. The van der Waals surface area contributed by atoms with Gasteiger partial charge in [-0.15, -0.1) is 0 Å². The lowest BCUT2D eigenvalue weighted by Crippen LogP contribution is -2.18. The minimum Gasteiger partial charge on any atom is -0.385 e. The van der Waals surface area contributed by atoms with Gasteiger partial charge in [0.1, 0.15) is 0 Å². The predicted molar refractivity (Wildman–Crippen MR) is 66.5 cm³/mol. The van der Waals surface area contributed by atoms with Crippen LogP contribution in [0.2, 0.25) is 10.6 Å². The molecule has 0 aliphatic heterocycles. The Morgan fingerprint density at radius 1 is 1.24 bits per heavy atom. The second-order valence-corrected chi connectivity index (χ2v) is 4.97. The third-order valence-electron chi connectivity index (χ3n) is 3.00. The van der Waals surface area contributed by atoms with Crippen molar-refractivity contribution in [3.05, 3.63) is 10.6 Å². The van der Waals surface area contributed by atoms with Gasteiger partial charge < -0.3 is 10.1 Å². The van der Waals surface area contributed by atoms with E-state index in [1.54, 1.807) is 7.11 Å². The summed E-state index contributed by atoms with van der Waals surface area (Å²) in [7, 11) is 1.72. The van der Waals surface area contributed by atoms with Gasteiger partial charge in [-0.1, -0.05) is 0 Å². The van der Waals surface area contributed by atoms with E-state index >= 15 is 0 Å². The molecule has 7 heteroatoms. The molecule has 94 valence electrons. The van der Waals surface area contributed by atoms with Crippen molar-refractivity contribution >= 4 is 29.2 Å². The standard InChI is InChI=1S/C10H14Cl2N4O/c1-17-5-4-10(2-3-10)6-13-9-15-7(11)14-8(12)16-9/h2-6H2,1H3,(H,13,14,15,16). The Bertz CT molecular complexity index is 378. The van der Waals surface area contributed by atoms with E-state index < -0.39 is 0 Å². The highest BCUT2D eigenvalue weighted by molar-refractivity contribution is 6.31. The van der Waals surface area contributed by atoms with Crippen molar-refractivity contribution < 1.29 is 4.74 Å². The zero-order chi connectivity index (χ0) is 12.3. The first kappa shape index (κ1) is 12.8. The molecule has 1 saturated carbocycles. The second kappa shape index (κ2) is 5.33. The van der Waals surface area contributed by atoms with E-state index in [-0.39, 0.29) is 10.6 Å². The van der Waals surface area contributed by atoms with Gasteiger partial charge >= 0.3 is 0 Å². The maximum absolute atomic E-state index is 5.69. The number of halogens is 2. The van der Waals surface area contributed by atoms with Gasteiger partial charge in [-0.25, -0.2) is 0 Å². The number of nitrogens with one attached hydrogen (secondary N) is 1. The van der Waals surface area contributed by atoms with Crippen LogP contribution in [0.3, 0.4) is 0 Å². The van der Waals surface area contributed by atoms with Crippen LogP contribution in [0.15, 0.2) is 0 Å². The summed E-state index contributed by atoms with van der Waals surface area (Å²) in [5.41, 5.74) is 0.321. The first-order chi connectivity index (χ1) is 8.13. The number of hydrogen-bond acceptors (Lipinski definition) is 5. The van der Waals surface area contributed by atoms with E-state index in [1.807, 2.05) is 0 Å². The summed E-state index contributed by atoms with van der Waals surface area (Å²) >= 11 is 11.4. The fourth-order valence-electron chi connectivity index (χ4n) is 1.68. The SMILES string of the molecule is COCCC1(CNc2nc(Cl)nc(Cl)n2)CC1. The molecule has 0 saturated heterocycles. The molecule has 1 aliphatic carbocycles. The molecule has 0 radical (unpaired) electrons. The number of rotatable bonds is 6. The minimum absolute atomic E-state index is 0.106. The fourth-order valence-corrected chi connectivity index (χ4v) is 2.05. The largest absolute Gasteiger partial charge is 0.385 e. The number of nitrogens with zero attached hydrogens (tertiary/aromatic N) is 3. The van der Waals surface area contributed by atoms with Gasteiger partial charge in [0, 0.05) is 20.3 Å². The van der Waals surface area contributed by atoms with E-state index in [0.717, 1.165) is 19.6 Å². The zero-order valence-electron chi connectivity index (χ0n) is 9.54. The van der Waals surface area contributed by atoms with Crippen LogP contribution < -0.4 is 5.32 Å². The normalized spacial score (nSPS) is 16.9. The summed E-state index contributed by atoms with van der Waals surface area (Å²) in [6.45, 7) is 1.59. The molecule has 17 heavy (non-hydrogen) atoms. The molecule has 1 N–H and O–H groups in total. The molecule has 0 spiro atoms. The maximum atomic E-state index is 5.69. The number of anilines is 1. The topological polar surface area (TPSA) is 59.9 Å². The molecule has 2 rings (SSSR count). The first-order valence-electron chi connectivity index (χ1n) is 5.43. The first-order valence-corrected chi connectivity index (χ1v) is 6.19. The van der Waals surface area contributed by atoms with Crippen LogP contribution in [0.5, 0.6) is 0 Å². The van der Waals surface area contributed by atoms with Crippen molar-refractivity contribution in [3.8, 4) is 0 Å². The molecule has 0 atom stereocenters. The van der Waals surface area contributed by atoms with Crippen LogP contribution in [0.1, 0.15) is 19.3 Å². The van der Waals surface area contributed by atoms with Gasteiger partial charge in [-0.3, -0.25) is 0 Å². The van der Waals surface area contributed by atoms with E-state index in [9.17, 15) is 0 Å². The third-order valence-corrected chi connectivity index (χ3v) is 3.33. The molecule has 1 heterocycles. The van der Waals surface area contributed by atoms with Crippen molar-refractivity contribution in [1.82, 2.24) is 15.0 Å². The highest BCUT2D eigenvalue weighted by atomic mass is 35.5. The number of hydrogen-bond donors (Lipinski definition) is 1. The Hall–Kier alpha value is -0.650. The molecule has 0 aromatic carbocycles. The fraction of sp³-hybridized carbons (Fsp3) is 0.700. The maximum Gasteiger partial charge on any atom is 0.228 e. The van der Waals surface area contributed by atoms with Gasteiger partial charge in [0.05, 0.1) is 0 Å². The molecule has 0 unspecified atom stereocenters. The quantitative estimate of drug-likeness (QED) is 0.865. The van der Waals surface area contributed by atoms with Crippen molar-refractivity contribution in [1.29, 1.82) is 0 Å². The Labute approximate surface area is 110 Å². The molecule has 1 aromatic heterocycles. The Balaban J connectivity index is 1.89. The van der Waals surface area contributed by atoms with Crippen LogP contribution >= 0.6 is 23.2 Å². The van der Waals surface area contributed by atoms with E-state index in [0.29, 0.717) is 11.4 Å². The van der Waals surface area contributed by atoms with Gasteiger partial charge in [0.25, 0.3) is 0 Å². The van der Waals surface area contributed by atoms with Crippen LogP contribution in [0.25, 0.3) is 0 Å². The monoisotopic (exact) mass is 276 g/mol. The van der Waals surface area contributed by atoms with E-state index in [4.69, 9.17) is 27.9 Å². The summed E-state index contributed by atoms with van der Waals surface area (Å²) in [6.07, 6.45) is 3.45. The van der Waals surface area contributed by atoms with E-state index in [2.05, 4.69) is 20.3 Å². The average Bonchev–Trinajstić information content (AvgIpc) is 3.03. The molecule has 0 bridgehead atoms. The summed E-state index contributed by atoms with van der Waals surface area (Å²) in [4.78, 5) is 11.6. The van der Waals surface area contributed by atoms with Gasteiger partial charge in [0.2, 0.25) is 16.5 Å². The lowest BCUT2D eigenvalue weighted by atomic mass is 10.0. The number of aromatic nitrogens is 3. The average molecular weight is 277 g/mol. The molecule has 1 aromatic rings. The Kier molecular flexibility index (Phi) is 4.01. The van der Waals surface area contributed by atoms with Crippen LogP contribution in [0, 0.1) is 5.41 Å². The zero-order valence-corrected chi connectivity index (χ0v) is 11.1. The summed E-state index contributed by atoms with van der Waals surface area (Å²) in [6, 6.07) is 0. The predicted octanol–water partition coefficient (Wildman–Crippen LogP) is 2.41. The van der Waals surface area contributed by atoms with Crippen molar-refractivity contribution in [2.45, 2.75) is 19.3 Å². The summed E-state index contributed by atoms with van der Waals surface area (Å²) in [5, 5.41) is 3.36. The van der Waals surface area contributed by atoms with Crippen LogP contribution in [0.4, 0.5) is 5.95 Å². The highest BCUT2D eigenvalue weighted by Gasteiger charge is 2.41. The molecule has 5 nitrogen and oxygen atoms in total. The van der Waals surface area contributed by atoms with Gasteiger partial charge in [-0.05, 0) is 47.9 Å². The molecule has 0 amide bonds. The number of methoxy groups -OCH3 is 1. The summed E-state index contributed by atoms with van der Waals surface area (Å²) in [5.74, 6) is 0.429. The Morgan fingerprint density at radius 2 is 1.88 bits per heavy atom. The number of ether oxygens (including phenoxy) is 1. The van der Waals surface area contributed by atoms with Crippen LogP contribution in [-0.4, -0.2) is 35.2 Å². The molecular formula is C10H14Cl2N4O. The smallest absolute Gasteiger partial charge is 0.228 e.